The molecule has 4 heteroatoms. The average Bonchev–Trinajstić information content (AvgIpc) is 2.60. The molecule has 0 unspecified atom stereocenters. The van der Waals surface area contributed by atoms with Crippen molar-refractivity contribution in [3.63, 3.8) is 0 Å². The minimum atomic E-state index is -0.398. The topological polar surface area (TPSA) is 55.8 Å². The van der Waals surface area contributed by atoms with E-state index < -0.39 is 6.10 Å². The van der Waals surface area contributed by atoms with Gasteiger partial charge < -0.3 is 14.6 Å². The van der Waals surface area contributed by atoms with Crippen molar-refractivity contribution < 1.29 is 19.4 Å². The van der Waals surface area contributed by atoms with Gasteiger partial charge in [-0.2, -0.15) is 0 Å². The van der Waals surface area contributed by atoms with E-state index in [0.717, 1.165) is 11.1 Å². The Morgan fingerprint density at radius 2 is 2.08 bits per heavy atom. The number of benzene rings is 2. The van der Waals surface area contributed by atoms with E-state index in [9.17, 15) is 9.90 Å². The third kappa shape index (κ3) is 3.29. The number of methoxy groups -OCH3 is 1. The van der Waals surface area contributed by atoms with Crippen LogP contribution in [0.15, 0.2) is 54.6 Å². The summed E-state index contributed by atoms with van der Waals surface area (Å²) in [5.74, 6) is 0.505. The molecule has 0 spiro atoms. The maximum Gasteiger partial charge on any atom is 0.174 e. The Labute approximate surface area is 147 Å². The number of allylic oxidation sites excluding steroid dienone is 2. The first-order valence-electron chi connectivity index (χ1n) is 8.03. The van der Waals surface area contributed by atoms with Crippen LogP contribution in [0.4, 0.5) is 0 Å². The molecule has 1 atom stereocenters. The van der Waals surface area contributed by atoms with Gasteiger partial charge in [0.05, 0.1) is 19.1 Å². The van der Waals surface area contributed by atoms with Crippen LogP contribution in [0.25, 0.3) is 6.08 Å². The fourth-order valence-electron chi connectivity index (χ4n) is 2.89. The molecule has 4 nitrogen and oxygen atoms in total. The summed E-state index contributed by atoms with van der Waals surface area (Å²) >= 11 is 0. The SMILES string of the molecule is C=C(C)C=Cc1c(OC)cc(O)c2c1O[C@H](c1ccccc1)CC2=O. The van der Waals surface area contributed by atoms with Crippen LogP contribution in [0, 0.1) is 0 Å². The zero-order valence-corrected chi connectivity index (χ0v) is 14.3. The molecule has 0 amide bonds. The quantitative estimate of drug-likeness (QED) is 0.823. The Morgan fingerprint density at radius 3 is 2.72 bits per heavy atom. The maximum atomic E-state index is 12.7. The van der Waals surface area contributed by atoms with Crippen molar-refractivity contribution >= 4 is 11.9 Å². The van der Waals surface area contributed by atoms with E-state index in [1.54, 1.807) is 6.08 Å². The minimum Gasteiger partial charge on any atom is -0.507 e. The van der Waals surface area contributed by atoms with E-state index in [0.29, 0.717) is 17.1 Å². The largest absolute Gasteiger partial charge is 0.507 e. The third-order valence-electron chi connectivity index (χ3n) is 4.10. The van der Waals surface area contributed by atoms with Crippen molar-refractivity contribution in [3.8, 4) is 17.2 Å². The summed E-state index contributed by atoms with van der Waals surface area (Å²) in [7, 11) is 1.51. The fraction of sp³-hybridized carbons (Fsp3) is 0.190. The first-order chi connectivity index (χ1) is 12.0. The molecule has 3 rings (SSSR count). The van der Waals surface area contributed by atoms with Gasteiger partial charge in [-0.25, -0.2) is 0 Å². The molecule has 25 heavy (non-hydrogen) atoms. The van der Waals surface area contributed by atoms with E-state index in [4.69, 9.17) is 9.47 Å². The summed E-state index contributed by atoms with van der Waals surface area (Å²) in [5.41, 5.74) is 2.59. The first-order valence-corrected chi connectivity index (χ1v) is 8.03. The highest BCUT2D eigenvalue weighted by atomic mass is 16.5. The molecule has 0 aromatic heterocycles. The van der Waals surface area contributed by atoms with Gasteiger partial charge in [0.15, 0.2) is 5.78 Å². The number of hydrogen-bond acceptors (Lipinski definition) is 4. The highest BCUT2D eigenvalue weighted by molar-refractivity contribution is 6.04. The van der Waals surface area contributed by atoms with Gasteiger partial charge in [-0.1, -0.05) is 48.6 Å². The lowest BCUT2D eigenvalue weighted by Gasteiger charge is -2.28. The van der Waals surface area contributed by atoms with Crippen molar-refractivity contribution in [3.05, 3.63) is 71.3 Å². The van der Waals surface area contributed by atoms with Crippen molar-refractivity contribution in [1.29, 1.82) is 0 Å². The van der Waals surface area contributed by atoms with Gasteiger partial charge in [0, 0.05) is 6.07 Å². The molecular weight excluding hydrogens is 316 g/mol. The number of fused-ring (bicyclic) bond motifs is 1. The van der Waals surface area contributed by atoms with Gasteiger partial charge in [-0.3, -0.25) is 4.79 Å². The Hall–Kier alpha value is -3.01. The summed E-state index contributed by atoms with van der Waals surface area (Å²) in [6.45, 7) is 5.72. The Kier molecular flexibility index (Phi) is 4.61. The molecule has 1 aliphatic rings. The lowest BCUT2D eigenvalue weighted by Crippen LogP contribution is -2.21. The standard InChI is InChI=1S/C21H20O4/c1-13(2)9-10-15-19(24-3)12-17(23)20-16(22)11-18(25-21(15)20)14-7-5-4-6-8-14/h4-10,12,18,23H,1,11H2,2-3H3/t18-/m0/s1. The van der Waals surface area contributed by atoms with Crippen LogP contribution in [0.3, 0.4) is 0 Å². The van der Waals surface area contributed by atoms with Crippen LogP contribution < -0.4 is 9.47 Å². The van der Waals surface area contributed by atoms with E-state index in [1.807, 2.05) is 43.3 Å². The predicted molar refractivity (Wildman–Crippen MR) is 97.3 cm³/mol. The molecule has 1 aliphatic heterocycles. The number of phenols is 1. The second-order valence-corrected chi connectivity index (χ2v) is 6.04. The maximum absolute atomic E-state index is 12.7. The molecular formula is C21H20O4. The summed E-state index contributed by atoms with van der Waals surface area (Å²) in [4.78, 5) is 12.7. The Balaban J connectivity index is 2.15. The van der Waals surface area contributed by atoms with Crippen LogP contribution in [0.2, 0.25) is 0 Å². The smallest absolute Gasteiger partial charge is 0.174 e. The molecule has 0 aliphatic carbocycles. The van der Waals surface area contributed by atoms with Crippen LogP contribution in [0.5, 0.6) is 17.2 Å². The number of carbonyl (C=O) groups is 1. The predicted octanol–water partition coefficient (Wildman–Crippen LogP) is 4.70. The summed E-state index contributed by atoms with van der Waals surface area (Å²) in [6, 6.07) is 11.0. The molecule has 0 radical (unpaired) electrons. The second-order valence-electron chi connectivity index (χ2n) is 6.04. The number of hydrogen-bond donors (Lipinski definition) is 1. The fourth-order valence-corrected chi connectivity index (χ4v) is 2.89. The molecule has 1 N–H and O–H groups in total. The minimum absolute atomic E-state index is 0.129. The zero-order valence-electron chi connectivity index (χ0n) is 14.3. The number of ketones is 1. The van der Waals surface area contributed by atoms with Gasteiger partial charge in [0.1, 0.15) is 28.9 Å². The number of ether oxygens (including phenoxy) is 2. The van der Waals surface area contributed by atoms with E-state index in [1.165, 1.54) is 13.2 Å². The van der Waals surface area contributed by atoms with Gasteiger partial charge in [0.2, 0.25) is 0 Å². The average molecular weight is 336 g/mol. The van der Waals surface area contributed by atoms with Crippen LogP contribution in [0.1, 0.15) is 40.9 Å². The monoisotopic (exact) mass is 336 g/mol. The molecule has 128 valence electrons. The van der Waals surface area contributed by atoms with Crippen LogP contribution in [-0.2, 0) is 0 Å². The molecule has 2 aromatic rings. The zero-order chi connectivity index (χ0) is 18.0. The van der Waals surface area contributed by atoms with Gasteiger partial charge in [-0.05, 0) is 18.6 Å². The summed E-state index contributed by atoms with van der Waals surface area (Å²) < 4.78 is 11.5. The summed E-state index contributed by atoms with van der Waals surface area (Å²) in [6.07, 6.45) is 3.39. The second kappa shape index (κ2) is 6.85. The lowest BCUT2D eigenvalue weighted by molar-refractivity contribution is 0.0844. The molecule has 1 heterocycles. The highest BCUT2D eigenvalue weighted by Gasteiger charge is 2.33. The number of aromatic hydroxyl groups is 1. The van der Waals surface area contributed by atoms with E-state index >= 15 is 0 Å². The lowest BCUT2D eigenvalue weighted by atomic mass is 9.93. The molecule has 0 bridgehead atoms. The van der Waals surface area contributed by atoms with Gasteiger partial charge in [-0.15, -0.1) is 0 Å². The number of phenolic OH excluding ortho intramolecular Hbond substituents is 1. The van der Waals surface area contributed by atoms with E-state index in [-0.39, 0.29) is 23.5 Å². The molecule has 2 aromatic carbocycles. The Morgan fingerprint density at radius 1 is 1.36 bits per heavy atom. The molecule has 0 saturated heterocycles. The van der Waals surface area contributed by atoms with Crippen molar-refractivity contribution in [1.82, 2.24) is 0 Å². The van der Waals surface area contributed by atoms with Crippen molar-refractivity contribution in [2.75, 3.05) is 7.11 Å². The number of carbonyl (C=O) groups excluding carboxylic acids is 1. The van der Waals surface area contributed by atoms with Gasteiger partial charge in [0.25, 0.3) is 0 Å². The summed E-state index contributed by atoms with van der Waals surface area (Å²) in [5, 5.41) is 10.3. The number of rotatable bonds is 4. The normalized spacial score (nSPS) is 16.4. The van der Waals surface area contributed by atoms with E-state index in [2.05, 4.69) is 6.58 Å². The first kappa shape index (κ1) is 16.8. The molecule has 0 saturated carbocycles. The van der Waals surface area contributed by atoms with Crippen molar-refractivity contribution in [2.45, 2.75) is 19.4 Å². The third-order valence-corrected chi connectivity index (χ3v) is 4.10. The Bertz CT molecular complexity index is 850. The van der Waals surface area contributed by atoms with Crippen LogP contribution in [-0.4, -0.2) is 18.0 Å². The highest BCUT2D eigenvalue weighted by Crippen LogP contribution is 2.46. The number of Topliss-reactive ketones (excluding diaryl/α,β-unsaturated/α-hetero) is 1. The van der Waals surface area contributed by atoms with Crippen LogP contribution >= 0.6 is 0 Å². The molecule has 0 fully saturated rings. The van der Waals surface area contributed by atoms with Gasteiger partial charge >= 0.3 is 0 Å². The van der Waals surface area contributed by atoms with Crippen molar-refractivity contribution in [2.24, 2.45) is 0 Å².